The summed E-state index contributed by atoms with van der Waals surface area (Å²) in [5, 5.41) is 11.3. The molecular formula is C19H25NO5. The lowest BCUT2D eigenvalue weighted by molar-refractivity contribution is -0.485. The zero-order chi connectivity index (χ0) is 18.8. The summed E-state index contributed by atoms with van der Waals surface area (Å²) in [5.41, 5.74) is -0.606. The van der Waals surface area contributed by atoms with Gasteiger partial charge in [0, 0.05) is 11.3 Å². The number of carbonyl (C=O) groups excluding carboxylic acids is 2. The van der Waals surface area contributed by atoms with Gasteiger partial charge < -0.3 is 4.74 Å². The summed E-state index contributed by atoms with van der Waals surface area (Å²) in [4.78, 5) is 36.6. The molecule has 6 nitrogen and oxygen atoms in total. The van der Waals surface area contributed by atoms with E-state index in [1.54, 1.807) is 32.9 Å². The SMILES string of the molecule is Cc1ccc(C(C[N+](=O)[O-])C2(C(=O)OC(C)(C)C)CCCC2=O)cc1. The van der Waals surface area contributed by atoms with Crippen LogP contribution in [-0.4, -0.2) is 28.8 Å². The first kappa shape index (κ1) is 19.1. The third-order valence-electron chi connectivity index (χ3n) is 4.64. The Bertz CT molecular complexity index is 674. The first-order valence-electron chi connectivity index (χ1n) is 8.51. The highest BCUT2D eigenvalue weighted by Gasteiger charge is 2.58. The number of hydrogen-bond donors (Lipinski definition) is 0. The van der Waals surface area contributed by atoms with Crippen molar-refractivity contribution in [2.45, 2.75) is 58.5 Å². The molecule has 1 aromatic rings. The molecule has 25 heavy (non-hydrogen) atoms. The zero-order valence-electron chi connectivity index (χ0n) is 15.2. The van der Waals surface area contributed by atoms with Crippen LogP contribution in [0.3, 0.4) is 0 Å². The maximum absolute atomic E-state index is 13.0. The van der Waals surface area contributed by atoms with Crippen molar-refractivity contribution in [3.8, 4) is 0 Å². The number of ketones is 1. The number of esters is 1. The number of benzene rings is 1. The molecule has 0 N–H and O–H groups in total. The van der Waals surface area contributed by atoms with Gasteiger partial charge in [-0.05, 0) is 46.1 Å². The predicted octanol–water partition coefficient (Wildman–Crippen LogP) is 3.44. The largest absolute Gasteiger partial charge is 0.459 e. The number of Topliss-reactive ketones (excluding diaryl/α,β-unsaturated/α-hetero) is 1. The number of aryl methyl sites for hydroxylation is 1. The number of nitro groups is 1. The molecule has 2 unspecified atom stereocenters. The molecule has 1 aliphatic carbocycles. The van der Waals surface area contributed by atoms with Crippen LogP contribution in [0, 0.1) is 22.5 Å². The molecule has 0 aliphatic heterocycles. The summed E-state index contributed by atoms with van der Waals surface area (Å²) >= 11 is 0. The summed E-state index contributed by atoms with van der Waals surface area (Å²) in [7, 11) is 0. The number of carbonyl (C=O) groups is 2. The van der Waals surface area contributed by atoms with Crippen LogP contribution in [0.4, 0.5) is 0 Å². The molecule has 2 atom stereocenters. The van der Waals surface area contributed by atoms with Crippen LogP contribution in [0.2, 0.25) is 0 Å². The molecule has 0 spiro atoms. The molecule has 2 rings (SSSR count). The van der Waals surface area contributed by atoms with E-state index in [-0.39, 0.29) is 18.6 Å². The van der Waals surface area contributed by atoms with E-state index >= 15 is 0 Å². The van der Waals surface area contributed by atoms with Gasteiger partial charge >= 0.3 is 5.97 Å². The fraction of sp³-hybridized carbons (Fsp3) is 0.579. The Morgan fingerprint density at radius 3 is 2.36 bits per heavy atom. The topological polar surface area (TPSA) is 86.5 Å². The molecule has 0 amide bonds. The average molecular weight is 347 g/mol. The molecule has 0 aromatic heterocycles. The van der Waals surface area contributed by atoms with E-state index in [9.17, 15) is 19.7 Å². The van der Waals surface area contributed by atoms with Gasteiger partial charge in [0.25, 0.3) is 0 Å². The van der Waals surface area contributed by atoms with Crippen LogP contribution in [0.1, 0.15) is 57.1 Å². The molecule has 0 bridgehead atoms. The third kappa shape index (κ3) is 4.06. The van der Waals surface area contributed by atoms with Crippen molar-refractivity contribution >= 4 is 11.8 Å². The highest BCUT2D eigenvalue weighted by molar-refractivity contribution is 6.06. The van der Waals surface area contributed by atoms with E-state index < -0.39 is 34.4 Å². The van der Waals surface area contributed by atoms with Gasteiger partial charge in [0.15, 0.2) is 5.78 Å². The lowest BCUT2D eigenvalue weighted by Crippen LogP contribution is -2.47. The predicted molar refractivity (Wildman–Crippen MR) is 92.9 cm³/mol. The first-order chi connectivity index (χ1) is 11.6. The van der Waals surface area contributed by atoms with Crippen molar-refractivity contribution < 1.29 is 19.2 Å². The van der Waals surface area contributed by atoms with E-state index in [0.717, 1.165) is 5.56 Å². The van der Waals surface area contributed by atoms with Gasteiger partial charge in [0.05, 0.1) is 5.92 Å². The van der Waals surface area contributed by atoms with Crippen molar-refractivity contribution in [2.75, 3.05) is 6.54 Å². The Morgan fingerprint density at radius 2 is 1.92 bits per heavy atom. The molecule has 0 radical (unpaired) electrons. The molecule has 1 fully saturated rings. The number of rotatable bonds is 5. The van der Waals surface area contributed by atoms with Gasteiger partial charge in [-0.25, -0.2) is 0 Å². The maximum Gasteiger partial charge on any atom is 0.321 e. The Kier molecular flexibility index (Phi) is 5.30. The van der Waals surface area contributed by atoms with Gasteiger partial charge in [-0.1, -0.05) is 29.8 Å². The molecule has 1 saturated carbocycles. The minimum atomic E-state index is -1.48. The number of nitrogens with zero attached hydrogens (tertiary/aromatic N) is 1. The van der Waals surface area contributed by atoms with Gasteiger partial charge in [0.1, 0.15) is 11.0 Å². The lowest BCUT2D eigenvalue weighted by Gasteiger charge is -2.34. The normalized spacial score (nSPS) is 21.8. The molecular weight excluding hydrogens is 322 g/mol. The van der Waals surface area contributed by atoms with Crippen molar-refractivity contribution in [3.63, 3.8) is 0 Å². The van der Waals surface area contributed by atoms with Gasteiger partial charge in [-0.3, -0.25) is 19.7 Å². The van der Waals surface area contributed by atoms with Crippen LogP contribution in [0.15, 0.2) is 24.3 Å². The van der Waals surface area contributed by atoms with Crippen LogP contribution in [0.25, 0.3) is 0 Å². The van der Waals surface area contributed by atoms with E-state index in [2.05, 4.69) is 0 Å². The van der Waals surface area contributed by atoms with Crippen molar-refractivity contribution in [1.82, 2.24) is 0 Å². The Morgan fingerprint density at radius 1 is 1.32 bits per heavy atom. The molecule has 136 valence electrons. The summed E-state index contributed by atoms with van der Waals surface area (Å²) in [6.45, 7) is 6.62. The molecule has 0 heterocycles. The fourth-order valence-electron chi connectivity index (χ4n) is 3.48. The van der Waals surface area contributed by atoms with Gasteiger partial charge in [-0.2, -0.15) is 0 Å². The highest BCUT2D eigenvalue weighted by atomic mass is 16.6. The van der Waals surface area contributed by atoms with Crippen molar-refractivity contribution in [3.05, 3.63) is 45.5 Å². The Labute approximate surface area is 147 Å². The number of ether oxygens (including phenoxy) is 1. The van der Waals surface area contributed by atoms with Gasteiger partial charge in [-0.15, -0.1) is 0 Å². The summed E-state index contributed by atoms with van der Waals surface area (Å²) in [6.07, 6.45) is 1.07. The Balaban J connectivity index is 2.54. The monoisotopic (exact) mass is 347 g/mol. The minimum Gasteiger partial charge on any atom is -0.459 e. The molecule has 1 aromatic carbocycles. The smallest absolute Gasteiger partial charge is 0.321 e. The van der Waals surface area contributed by atoms with E-state index in [1.807, 2.05) is 19.1 Å². The van der Waals surface area contributed by atoms with Crippen LogP contribution in [-0.2, 0) is 14.3 Å². The van der Waals surface area contributed by atoms with Crippen LogP contribution < -0.4 is 0 Å². The van der Waals surface area contributed by atoms with Gasteiger partial charge in [0.2, 0.25) is 6.54 Å². The average Bonchev–Trinajstić information content (AvgIpc) is 2.86. The third-order valence-corrected chi connectivity index (χ3v) is 4.64. The summed E-state index contributed by atoms with van der Waals surface area (Å²) in [5.74, 6) is -1.72. The van der Waals surface area contributed by atoms with Crippen LogP contribution in [0.5, 0.6) is 0 Å². The molecule has 1 aliphatic rings. The second-order valence-corrected chi connectivity index (χ2v) is 7.73. The van der Waals surface area contributed by atoms with Crippen LogP contribution >= 0.6 is 0 Å². The lowest BCUT2D eigenvalue weighted by atomic mass is 9.69. The highest BCUT2D eigenvalue weighted by Crippen LogP contribution is 2.48. The fourth-order valence-corrected chi connectivity index (χ4v) is 3.48. The number of hydrogen-bond acceptors (Lipinski definition) is 5. The van der Waals surface area contributed by atoms with Crippen molar-refractivity contribution in [1.29, 1.82) is 0 Å². The zero-order valence-corrected chi connectivity index (χ0v) is 15.2. The second kappa shape index (κ2) is 6.94. The minimum absolute atomic E-state index is 0.249. The quantitative estimate of drug-likeness (QED) is 0.352. The summed E-state index contributed by atoms with van der Waals surface area (Å²) in [6, 6.07) is 7.21. The molecule has 6 heteroatoms. The first-order valence-corrected chi connectivity index (χ1v) is 8.51. The second-order valence-electron chi connectivity index (χ2n) is 7.73. The van der Waals surface area contributed by atoms with E-state index in [0.29, 0.717) is 12.0 Å². The maximum atomic E-state index is 13.0. The van der Waals surface area contributed by atoms with E-state index in [4.69, 9.17) is 4.74 Å². The van der Waals surface area contributed by atoms with Crippen molar-refractivity contribution in [2.24, 2.45) is 5.41 Å². The standard InChI is InChI=1S/C19H25NO5/c1-13-7-9-14(10-8-13)15(12-20(23)24)19(11-5-6-16(19)21)17(22)25-18(2,3)4/h7-10,15H,5-6,11-12H2,1-4H3. The molecule has 0 saturated heterocycles. The Hall–Kier alpha value is -2.24. The van der Waals surface area contributed by atoms with E-state index in [1.165, 1.54) is 0 Å². The summed E-state index contributed by atoms with van der Waals surface area (Å²) < 4.78 is 5.52.